The van der Waals surface area contributed by atoms with Crippen LogP contribution in [0.4, 0.5) is 22.1 Å². The molecule has 1 aliphatic carbocycles. The Morgan fingerprint density at radius 3 is 2.12 bits per heavy atom. The number of urea groups is 1. The van der Waals surface area contributed by atoms with Crippen LogP contribution >= 0.6 is 0 Å². The van der Waals surface area contributed by atoms with E-state index in [0.29, 0.717) is 61.2 Å². The van der Waals surface area contributed by atoms with Crippen molar-refractivity contribution in [3.63, 3.8) is 0 Å². The molecule has 3 aromatic rings. The van der Waals surface area contributed by atoms with Crippen LogP contribution in [0.25, 0.3) is 11.4 Å². The highest BCUT2D eigenvalue weighted by molar-refractivity contribution is 6.00. The van der Waals surface area contributed by atoms with Crippen LogP contribution in [0.3, 0.4) is 0 Å². The second-order valence-corrected chi connectivity index (χ2v) is 13.5. The van der Waals surface area contributed by atoms with E-state index in [0.717, 1.165) is 50.4 Å². The number of aromatic nitrogens is 3. The van der Waals surface area contributed by atoms with Gasteiger partial charge in [0.15, 0.2) is 5.82 Å². The van der Waals surface area contributed by atoms with Gasteiger partial charge in [0.25, 0.3) is 5.91 Å². The third kappa shape index (κ3) is 7.30. The fourth-order valence-electron chi connectivity index (χ4n) is 7.03. The maximum absolute atomic E-state index is 13.3. The van der Waals surface area contributed by atoms with Crippen molar-refractivity contribution in [3.8, 4) is 11.4 Å². The van der Waals surface area contributed by atoms with Crippen LogP contribution < -0.4 is 15.5 Å². The lowest BCUT2D eigenvalue weighted by Gasteiger charge is -2.46. The van der Waals surface area contributed by atoms with Gasteiger partial charge in [-0.15, -0.1) is 0 Å². The van der Waals surface area contributed by atoms with Crippen LogP contribution in [0.2, 0.25) is 0 Å². The molecule has 48 heavy (non-hydrogen) atoms. The van der Waals surface area contributed by atoms with E-state index in [1.54, 1.807) is 24.3 Å². The van der Waals surface area contributed by atoms with Crippen molar-refractivity contribution in [1.29, 1.82) is 0 Å². The lowest BCUT2D eigenvalue weighted by molar-refractivity contribution is 0.0253. The first-order valence-corrected chi connectivity index (χ1v) is 17.4. The van der Waals surface area contributed by atoms with E-state index in [-0.39, 0.29) is 29.9 Å². The Bertz CT molecular complexity index is 1580. The minimum Gasteiger partial charge on any atom is -0.381 e. The van der Waals surface area contributed by atoms with Crippen LogP contribution in [-0.4, -0.2) is 107 Å². The summed E-state index contributed by atoms with van der Waals surface area (Å²) in [6, 6.07) is 15.3. The molecule has 4 aliphatic rings. The number of carbonyl (C=O) groups is 2. The summed E-state index contributed by atoms with van der Waals surface area (Å²) in [5.41, 5.74) is 2.72. The monoisotopic (exact) mass is 654 g/mol. The summed E-state index contributed by atoms with van der Waals surface area (Å²) >= 11 is 0. The molecule has 0 radical (unpaired) electrons. The summed E-state index contributed by atoms with van der Waals surface area (Å²) in [5, 5.41) is 5.77. The number of hydrogen-bond acceptors (Lipinski definition) is 9. The molecule has 0 bridgehead atoms. The third-order valence-electron chi connectivity index (χ3n) is 10.2. The molecule has 0 spiro atoms. The highest BCUT2D eigenvalue weighted by Crippen LogP contribution is 2.30. The van der Waals surface area contributed by atoms with Crippen molar-refractivity contribution < 1.29 is 19.1 Å². The van der Waals surface area contributed by atoms with Crippen molar-refractivity contribution in [1.82, 2.24) is 24.8 Å². The van der Waals surface area contributed by atoms with Gasteiger partial charge in [0.1, 0.15) is 5.82 Å². The fraction of sp³-hybridized carbons (Fsp3) is 0.528. The molecule has 3 saturated heterocycles. The second-order valence-electron chi connectivity index (χ2n) is 13.5. The highest BCUT2D eigenvalue weighted by atomic mass is 16.5. The molecule has 1 aromatic heterocycles. The number of nitrogens with one attached hydrogen (secondary N) is 2. The molecule has 2 N–H and O–H groups in total. The average Bonchev–Trinajstić information content (AvgIpc) is 3.08. The van der Waals surface area contributed by atoms with Gasteiger partial charge in [-0.3, -0.25) is 9.69 Å². The number of rotatable bonds is 7. The number of amides is 3. The van der Waals surface area contributed by atoms with E-state index in [1.165, 1.54) is 19.3 Å². The molecule has 12 nitrogen and oxygen atoms in total. The van der Waals surface area contributed by atoms with E-state index >= 15 is 0 Å². The van der Waals surface area contributed by atoms with Gasteiger partial charge in [-0.2, -0.15) is 9.97 Å². The first-order valence-electron chi connectivity index (χ1n) is 17.4. The minimum absolute atomic E-state index is 0.0384. The smallest absolute Gasteiger partial charge is 0.323 e. The second kappa shape index (κ2) is 14.6. The van der Waals surface area contributed by atoms with Gasteiger partial charge in [0, 0.05) is 79.9 Å². The summed E-state index contributed by atoms with van der Waals surface area (Å²) in [6.45, 7) is 10.3. The van der Waals surface area contributed by atoms with Gasteiger partial charge in [-0.25, -0.2) is 9.78 Å². The van der Waals surface area contributed by atoms with E-state index < -0.39 is 0 Å². The summed E-state index contributed by atoms with van der Waals surface area (Å²) in [7, 11) is 0. The Labute approximate surface area is 282 Å². The summed E-state index contributed by atoms with van der Waals surface area (Å²) in [5.74, 6) is 2.35. The number of hydrogen-bond donors (Lipinski definition) is 2. The lowest BCUT2D eigenvalue weighted by atomic mass is 9.90. The van der Waals surface area contributed by atoms with Crippen molar-refractivity contribution in [2.75, 3.05) is 68.1 Å². The molecule has 4 fully saturated rings. The average molecular weight is 655 g/mol. The van der Waals surface area contributed by atoms with Crippen molar-refractivity contribution in [2.45, 2.75) is 70.0 Å². The summed E-state index contributed by atoms with van der Waals surface area (Å²) < 4.78 is 11.2. The zero-order chi connectivity index (χ0) is 33.0. The molecular formula is C36H46N8O4. The Morgan fingerprint density at radius 1 is 0.771 bits per heavy atom. The molecule has 3 amide bonds. The Morgan fingerprint density at radius 2 is 1.48 bits per heavy atom. The molecule has 2 aromatic carbocycles. The van der Waals surface area contributed by atoms with Crippen LogP contribution in [0, 0.1) is 0 Å². The molecule has 2 atom stereocenters. The summed E-state index contributed by atoms with van der Waals surface area (Å²) in [4.78, 5) is 47.5. The maximum Gasteiger partial charge on any atom is 0.323 e. The fourth-order valence-corrected chi connectivity index (χ4v) is 7.03. The zero-order valence-corrected chi connectivity index (χ0v) is 27.9. The maximum atomic E-state index is 13.3. The van der Waals surface area contributed by atoms with Crippen LogP contribution in [-0.2, 0) is 9.47 Å². The number of carbonyl (C=O) groups excluding carboxylic acids is 2. The van der Waals surface area contributed by atoms with Gasteiger partial charge in [-0.1, -0.05) is 6.42 Å². The normalized spacial score (nSPS) is 22.6. The summed E-state index contributed by atoms with van der Waals surface area (Å²) in [6.07, 6.45) is 5.65. The van der Waals surface area contributed by atoms with E-state index in [9.17, 15) is 9.59 Å². The van der Waals surface area contributed by atoms with Crippen molar-refractivity contribution >= 4 is 29.3 Å². The van der Waals surface area contributed by atoms with Crippen LogP contribution in [0.15, 0.2) is 48.5 Å². The number of anilines is 3. The number of morpholine rings is 1. The Balaban J connectivity index is 0.976. The van der Waals surface area contributed by atoms with Crippen LogP contribution in [0.5, 0.6) is 0 Å². The van der Waals surface area contributed by atoms with Crippen molar-refractivity contribution in [2.24, 2.45) is 0 Å². The molecule has 4 heterocycles. The third-order valence-corrected chi connectivity index (χ3v) is 10.2. The SMILES string of the molecule is CC1CN(C2CCC2)CCN1C(=O)c1ccc(NC(=O)Nc2ccc(-c3nc(C4CCOCC4)nc(N4CCOCC4C)n3)cc2)cc1. The molecule has 254 valence electrons. The molecule has 3 aliphatic heterocycles. The molecular weight excluding hydrogens is 608 g/mol. The predicted molar refractivity (Wildman–Crippen MR) is 184 cm³/mol. The molecule has 1 saturated carbocycles. The Hall–Kier alpha value is -4.13. The lowest BCUT2D eigenvalue weighted by Crippen LogP contribution is -2.57. The highest BCUT2D eigenvalue weighted by Gasteiger charge is 2.33. The predicted octanol–water partition coefficient (Wildman–Crippen LogP) is 5.00. The van der Waals surface area contributed by atoms with Gasteiger partial charge < -0.3 is 29.9 Å². The van der Waals surface area contributed by atoms with E-state index in [1.807, 2.05) is 29.2 Å². The quantitative estimate of drug-likeness (QED) is 0.362. The van der Waals surface area contributed by atoms with Gasteiger partial charge in [0.2, 0.25) is 5.95 Å². The number of nitrogens with zero attached hydrogens (tertiary/aromatic N) is 6. The topological polar surface area (TPSA) is 125 Å². The molecule has 12 heteroatoms. The van der Waals surface area contributed by atoms with E-state index in [2.05, 4.69) is 34.3 Å². The first-order chi connectivity index (χ1) is 23.4. The number of piperazine rings is 1. The van der Waals surface area contributed by atoms with Crippen molar-refractivity contribution in [3.05, 3.63) is 59.9 Å². The largest absolute Gasteiger partial charge is 0.381 e. The number of benzene rings is 2. The molecule has 7 rings (SSSR count). The van der Waals surface area contributed by atoms with Gasteiger partial charge in [0.05, 0.1) is 19.3 Å². The van der Waals surface area contributed by atoms with Gasteiger partial charge >= 0.3 is 6.03 Å². The van der Waals surface area contributed by atoms with Crippen LogP contribution in [0.1, 0.15) is 68.1 Å². The van der Waals surface area contributed by atoms with E-state index in [4.69, 9.17) is 24.4 Å². The Kier molecular flexibility index (Phi) is 9.83. The first kappa shape index (κ1) is 32.4. The standard InChI is InChI=1S/C36H46N8O4/c1-24-22-42(31-4-3-5-31)16-17-43(24)34(45)28-8-12-30(13-9-28)38-36(46)37-29-10-6-26(7-11-29)32-39-33(27-14-19-47-20-15-27)41-35(40-32)44-18-21-48-23-25(44)2/h6-13,24-25,27,31H,3-5,14-23H2,1-2H3,(H2,37,38,46). The van der Waals surface area contributed by atoms with Gasteiger partial charge in [-0.05, 0) is 88.1 Å². The zero-order valence-electron chi connectivity index (χ0n) is 27.9. The minimum atomic E-state index is -0.367. The number of ether oxygens (including phenoxy) is 2. The molecule has 2 unspecified atom stereocenters.